The fraction of sp³-hybridized carbons (Fsp3) is 0.379. The van der Waals surface area contributed by atoms with Crippen LogP contribution in [0.5, 0.6) is 11.5 Å². The lowest BCUT2D eigenvalue weighted by Crippen LogP contribution is -2.25. The largest absolute Gasteiger partial charge is 0.493 e. The summed E-state index contributed by atoms with van der Waals surface area (Å²) in [5, 5.41) is 3.34. The number of nitrogens with one attached hydrogen (secondary N) is 1. The molecule has 0 saturated carbocycles. The first-order valence-electron chi connectivity index (χ1n) is 12.8. The van der Waals surface area contributed by atoms with E-state index in [1.807, 2.05) is 42.5 Å². The van der Waals surface area contributed by atoms with E-state index in [9.17, 15) is 0 Å². The van der Waals surface area contributed by atoms with E-state index in [0.717, 1.165) is 47.7 Å². The fourth-order valence-electron chi connectivity index (χ4n) is 4.58. The van der Waals surface area contributed by atoms with Crippen molar-refractivity contribution in [3.05, 3.63) is 71.9 Å². The van der Waals surface area contributed by atoms with Crippen molar-refractivity contribution in [2.24, 2.45) is 0 Å². The summed E-state index contributed by atoms with van der Waals surface area (Å²) in [6.45, 7) is 5.66. The molecule has 2 aliphatic heterocycles. The highest BCUT2D eigenvalue weighted by molar-refractivity contribution is 5.65. The molecule has 8 heteroatoms. The Bertz CT molecular complexity index is 1210. The first-order valence-corrected chi connectivity index (χ1v) is 12.8. The molecule has 0 atom stereocenters. The number of methoxy groups -OCH3 is 1. The third kappa shape index (κ3) is 6.85. The Morgan fingerprint density at radius 3 is 2.68 bits per heavy atom. The molecule has 0 aliphatic carbocycles. The second-order valence-corrected chi connectivity index (χ2v) is 9.16. The minimum atomic E-state index is 0.377. The SMILES string of the molecule is COc1cc2cc(c1OCCN1CCCC1)COC/C=C/COCc1cccc(c1)-c1ccnc(n1)N2. The van der Waals surface area contributed by atoms with E-state index >= 15 is 0 Å². The molecule has 1 aromatic heterocycles. The molecule has 3 aromatic rings. The first-order chi connectivity index (χ1) is 18.3. The van der Waals surface area contributed by atoms with E-state index in [1.54, 1.807) is 13.3 Å². The summed E-state index contributed by atoms with van der Waals surface area (Å²) in [5.74, 6) is 1.85. The van der Waals surface area contributed by atoms with Gasteiger partial charge in [0.1, 0.15) is 6.61 Å². The maximum Gasteiger partial charge on any atom is 0.227 e. The molecule has 3 heterocycles. The number of likely N-dealkylation sites (tertiary alicyclic amines) is 1. The average Bonchev–Trinajstić information content (AvgIpc) is 3.44. The molecule has 0 unspecified atom stereocenters. The van der Waals surface area contributed by atoms with Crippen molar-refractivity contribution >= 4 is 11.6 Å². The van der Waals surface area contributed by atoms with Crippen molar-refractivity contribution in [2.45, 2.75) is 26.1 Å². The van der Waals surface area contributed by atoms with Crippen LogP contribution in [0.1, 0.15) is 24.0 Å². The van der Waals surface area contributed by atoms with Crippen LogP contribution in [0.25, 0.3) is 11.3 Å². The molecule has 1 N–H and O–H groups in total. The lowest BCUT2D eigenvalue weighted by molar-refractivity contribution is 0.137. The number of ether oxygens (including phenoxy) is 4. The normalized spacial score (nSPS) is 17.3. The minimum absolute atomic E-state index is 0.377. The number of rotatable bonds is 5. The molecule has 2 aliphatic rings. The lowest BCUT2D eigenvalue weighted by Gasteiger charge is -2.20. The number of aromatic nitrogens is 2. The van der Waals surface area contributed by atoms with Crippen LogP contribution in [0.15, 0.2) is 60.8 Å². The van der Waals surface area contributed by atoms with Crippen molar-refractivity contribution in [1.82, 2.24) is 14.9 Å². The summed E-state index contributed by atoms with van der Waals surface area (Å²) in [6, 6.07) is 14.0. The number of benzene rings is 2. The molecule has 6 bridgehead atoms. The Hall–Kier alpha value is -3.46. The third-order valence-corrected chi connectivity index (χ3v) is 6.46. The quantitative estimate of drug-likeness (QED) is 0.490. The first kappa shape index (κ1) is 25.2. The Morgan fingerprint density at radius 1 is 1.00 bits per heavy atom. The molecule has 37 heavy (non-hydrogen) atoms. The van der Waals surface area contributed by atoms with Gasteiger partial charge < -0.3 is 24.3 Å². The monoisotopic (exact) mass is 502 g/mol. The Labute approximate surface area is 218 Å². The maximum absolute atomic E-state index is 6.26. The summed E-state index contributed by atoms with van der Waals surface area (Å²) in [5.41, 5.74) is 4.64. The molecule has 1 fully saturated rings. The van der Waals surface area contributed by atoms with Crippen molar-refractivity contribution in [2.75, 3.05) is 51.9 Å². The Kier molecular flexibility index (Phi) is 8.63. The van der Waals surface area contributed by atoms with Gasteiger partial charge in [0.05, 0.1) is 39.2 Å². The predicted molar refractivity (Wildman–Crippen MR) is 143 cm³/mol. The van der Waals surface area contributed by atoms with Crippen LogP contribution in [0.3, 0.4) is 0 Å². The van der Waals surface area contributed by atoms with E-state index < -0.39 is 0 Å². The number of fused-ring (bicyclic) bond motifs is 7. The van der Waals surface area contributed by atoms with Gasteiger partial charge in [-0.25, -0.2) is 9.97 Å². The second-order valence-electron chi connectivity index (χ2n) is 9.16. The number of hydrogen-bond acceptors (Lipinski definition) is 8. The Balaban J connectivity index is 1.43. The highest BCUT2D eigenvalue weighted by Gasteiger charge is 2.17. The van der Waals surface area contributed by atoms with Gasteiger partial charge in [-0.2, -0.15) is 0 Å². The van der Waals surface area contributed by atoms with E-state index in [2.05, 4.69) is 27.3 Å². The predicted octanol–water partition coefficient (Wildman–Crippen LogP) is 4.97. The summed E-state index contributed by atoms with van der Waals surface area (Å²) in [6.07, 6.45) is 8.24. The molecule has 0 spiro atoms. The zero-order chi connectivity index (χ0) is 25.3. The van der Waals surface area contributed by atoms with Gasteiger partial charge >= 0.3 is 0 Å². The molecule has 0 radical (unpaired) electrons. The van der Waals surface area contributed by atoms with E-state index in [1.165, 1.54) is 12.8 Å². The third-order valence-electron chi connectivity index (χ3n) is 6.46. The van der Waals surface area contributed by atoms with Crippen molar-refractivity contribution in [3.63, 3.8) is 0 Å². The van der Waals surface area contributed by atoms with Gasteiger partial charge in [-0.15, -0.1) is 0 Å². The van der Waals surface area contributed by atoms with Gasteiger partial charge in [0, 0.05) is 35.6 Å². The maximum atomic E-state index is 6.26. The van der Waals surface area contributed by atoms with Crippen molar-refractivity contribution in [1.29, 1.82) is 0 Å². The lowest BCUT2D eigenvalue weighted by atomic mass is 10.1. The van der Waals surface area contributed by atoms with Crippen LogP contribution in [0, 0.1) is 0 Å². The molecular formula is C29H34N4O4. The van der Waals surface area contributed by atoms with Gasteiger partial charge in [0.25, 0.3) is 0 Å². The topological polar surface area (TPSA) is 78.0 Å². The smallest absolute Gasteiger partial charge is 0.227 e. The van der Waals surface area contributed by atoms with E-state index in [4.69, 9.17) is 23.9 Å². The molecule has 8 nitrogen and oxygen atoms in total. The molecular weight excluding hydrogens is 468 g/mol. The molecule has 5 rings (SSSR count). The zero-order valence-electron chi connectivity index (χ0n) is 21.3. The average molecular weight is 503 g/mol. The molecule has 194 valence electrons. The van der Waals surface area contributed by atoms with Crippen LogP contribution < -0.4 is 14.8 Å². The van der Waals surface area contributed by atoms with Gasteiger partial charge in [0.15, 0.2) is 11.5 Å². The zero-order valence-corrected chi connectivity index (χ0v) is 21.3. The van der Waals surface area contributed by atoms with Gasteiger partial charge in [-0.1, -0.05) is 30.4 Å². The van der Waals surface area contributed by atoms with Crippen LogP contribution in [0.4, 0.5) is 11.6 Å². The molecule has 1 saturated heterocycles. The van der Waals surface area contributed by atoms with Crippen molar-refractivity contribution < 1.29 is 18.9 Å². The summed E-state index contributed by atoms with van der Waals surface area (Å²) < 4.78 is 23.8. The standard InChI is InChI=1S/C29H34N4O4/c1-34-27-19-25-18-24(28(27)37-16-13-33-11-2-3-12-33)21-36-15-5-4-14-35-20-22-7-6-8-23(17-22)26-9-10-30-29(31-25)32-26/h4-10,17-19H,2-3,11-16,20-21H2,1H3,(H,30,31,32)/b5-4+. The number of anilines is 2. The number of nitrogens with zero attached hydrogens (tertiary/aromatic N) is 3. The summed E-state index contributed by atoms with van der Waals surface area (Å²) >= 11 is 0. The highest BCUT2D eigenvalue weighted by Crippen LogP contribution is 2.36. The fourth-order valence-corrected chi connectivity index (χ4v) is 4.58. The molecule has 2 aromatic carbocycles. The van der Waals surface area contributed by atoms with Crippen LogP contribution in [0.2, 0.25) is 0 Å². The second kappa shape index (κ2) is 12.7. The van der Waals surface area contributed by atoms with E-state index in [-0.39, 0.29) is 0 Å². The van der Waals surface area contributed by atoms with E-state index in [0.29, 0.717) is 50.5 Å². The van der Waals surface area contributed by atoms with Gasteiger partial charge in [-0.05, 0) is 49.7 Å². The van der Waals surface area contributed by atoms with Crippen molar-refractivity contribution in [3.8, 4) is 22.8 Å². The molecule has 0 amide bonds. The minimum Gasteiger partial charge on any atom is -0.493 e. The van der Waals surface area contributed by atoms with Crippen LogP contribution in [-0.4, -0.2) is 61.4 Å². The summed E-state index contributed by atoms with van der Waals surface area (Å²) in [4.78, 5) is 11.6. The summed E-state index contributed by atoms with van der Waals surface area (Å²) in [7, 11) is 1.66. The van der Waals surface area contributed by atoms with Crippen LogP contribution in [-0.2, 0) is 22.7 Å². The highest BCUT2D eigenvalue weighted by atomic mass is 16.5. The number of hydrogen-bond donors (Lipinski definition) is 1. The van der Waals surface area contributed by atoms with Crippen LogP contribution >= 0.6 is 0 Å². The van der Waals surface area contributed by atoms with Gasteiger partial charge in [-0.3, -0.25) is 4.90 Å². The Morgan fingerprint density at radius 2 is 1.84 bits per heavy atom. The van der Waals surface area contributed by atoms with Gasteiger partial charge in [0.2, 0.25) is 5.95 Å².